The Kier molecular flexibility index (Phi) is 1.95. The predicted octanol–water partition coefficient (Wildman–Crippen LogP) is 0.214. The third-order valence-electron chi connectivity index (χ3n) is 3.10. The van der Waals surface area contributed by atoms with Gasteiger partial charge in [-0.25, -0.2) is 0 Å². The molecular formula is C10H19NO2. The number of hydrogen-bond acceptors (Lipinski definition) is 3. The summed E-state index contributed by atoms with van der Waals surface area (Å²) in [6, 6.07) is 0. The second-order valence-electron chi connectivity index (χ2n) is 5.32. The summed E-state index contributed by atoms with van der Waals surface area (Å²) in [6.45, 7) is 6.08. The first-order valence-corrected chi connectivity index (χ1v) is 5.06. The Balaban J connectivity index is 1.88. The normalized spacial score (nSPS) is 40.2. The minimum absolute atomic E-state index is 0.399. The minimum Gasteiger partial charge on any atom is -0.389 e. The maximum Gasteiger partial charge on any atom is 0.0807 e. The molecule has 2 fully saturated rings. The summed E-state index contributed by atoms with van der Waals surface area (Å²) in [7, 11) is 0. The first-order valence-electron chi connectivity index (χ1n) is 5.06. The standard InChI is InChI=1S/C10H19NO2/c1-9(2,12)6-11-4-3-8-5-10(8,13)7-11/h8,12-13H,3-7H2,1-2H3/t8-,10+/m1/s1. The molecule has 2 rings (SSSR count). The van der Waals surface area contributed by atoms with E-state index in [1.165, 1.54) is 0 Å². The third kappa shape index (κ3) is 2.03. The van der Waals surface area contributed by atoms with Crippen molar-refractivity contribution in [3.8, 4) is 0 Å². The van der Waals surface area contributed by atoms with Crippen LogP contribution in [0.15, 0.2) is 0 Å². The molecule has 0 spiro atoms. The van der Waals surface area contributed by atoms with Gasteiger partial charge in [0.2, 0.25) is 0 Å². The molecule has 0 bridgehead atoms. The van der Waals surface area contributed by atoms with E-state index in [0.717, 1.165) is 25.9 Å². The van der Waals surface area contributed by atoms with E-state index in [4.69, 9.17) is 0 Å². The highest BCUT2D eigenvalue weighted by Crippen LogP contribution is 2.49. The van der Waals surface area contributed by atoms with Crippen LogP contribution in [0.3, 0.4) is 0 Å². The first kappa shape index (κ1) is 9.44. The van der Waals surface area contributed by atoms with Crippen LogP contribution in [0.25, 0.3) is 0 Å². The Bertz CT molecular complexity index is 209. The van der Waals surface area contributed by atoms with E-state index in [9.17, 15) is 10.2 Å². The average molecular weight is 185 g/mol. The van der Waals surface area contributed by atoms with Gasteiger partial charge in [0.05, 0.1) is 11.2 Å². The van der Waals surface area contributed by atoms with Crippen LogP contribution >= 0.6 is 0 Å². The summed E-state index contributed by atoms with van der Waals surface area (Å²) >= 11 is 0. The minimum atomic E-state index is -0.641. The zero-order chi connectivity index (χ0) is 9.69. The number of aliphatic hydroxyl groups is 2. The average Bonchev–Trinajstić information content (AvgIpc) is 2.55. The van der Waals surface area contributed by atoms with Gasteiger partial charge in [0.15, 0.2) is 0 Å². The van der Waals surface area contributed by atoms with E-state index in [2.05, 4.69) is 4.90 Å². The summed E-state index contributed by atoms with van der Waals surface area (Å²) < 4.78 is 0. The van der Waals surface area contributed by atoms with E-state index in [0.29, 0.717) is 12.5 Å². The monoisotopic (exact) mass is 185 g/mol. The lowest BCUT2D eigenvalue weighted by Crippen LogP contribution is -2.46. The van der Waals surface area contributed by atoms with Crippen LogP contribution in [-0.4, -0.2) is 45.9 Å². The van der Waals surface area contributed by atoms with Crippen LogP contribution in [0.1, 0.15) is 26.7 Å². The quantitative estimate of drug-likeness (QED) is 0.646. The molecule has 3 nitrogen and oxygen atoms in total. The molecule has 0 amide bonds. The van der Waals surface area contributed by atoms with Gasteiger partial charge in [-0.1, -0.05) is 0 Å². The zero-order valence-corrected chi connectivity index (χ0v) is 8.45. The molecule has 76 valence electrons. The smallest absolute Gasteiger partial charge is 0.0807 e. The maximum atomic E-state index is 9.89. The van der Waals surface area contributed by atoms with Crippen molar-refractivity contribution in [1.82, 2.24) is 4.90 Å². The fourth-order valence-electron chi connectivity index (χ4n) is 2.42. The van der Waals surface area contributed by atoms with Crippen LogP contribution in [-0.2, 0) is 0 Å². The van der Waals surface area contributed by atoms with Crippen LogP contribution in [0, 0.1) is 5.92 Å². The summed E-state index contributed by atoms with van der Waals surface area (Å²) in [5.41, 5.74) is -1.04. The molecule has 1 heterocycles. The molecule has 2 N–H and O–H groups in total. The molecule has 1 saturated heterocycles. The lowest BCUT2D eigenvalue weighted by molar-refractivity contribution is -0.00608. The molecule has 1 aliphatic carbocycles. The second kappa shape index (κ2) is 2.69. The Labute approximate surface area is 79.4 Å². The molecule has 1 aliphatic heterocycles. The van der Waals surface area contributed by atoms with Gasteiger partial charge in [0.1, 0.15) is 0 Å². The highest BCUT2D eigenvalue weighted by Gasteiger charge is 2.55. The summed E-state index contributed by atoms with van der Waals surface area (Å²) in [5, 5.41) is 19.5. The zero-order valence-electron chi connectivity index (χ0n) is 8.45. The van der Waals surface area contributed by atoms with Crippen molar-refractivity contribution in [2.75, 3.05) is 19.6 Å². The van der Waals surface area contributed by atoms with Gasteiger partial charge in [-0.15, -0.1) is 0 Å². The van der Waals surface area contributed by atoms with Gasteiger partial charge < -0.3 is 10.2 Å². The van der Waals surface area contributed by atoms with E-state index in [-0.39, 0.29) is 0 Å². The van der Waals surface area contributed by atoms with E-state index in [1.54, 1.807) is 0 Å². The predicted molar refractivity (Wildman–Crippen MR) is 50.4 cm³/mol. The van der Waals surface area contributed by atoms with Gasteiger partial charge in [-0.05, 0) is 39.2 Å². The van der Waals surface area contributed by atoms with Crippen molar-refractivity contribution in [2.45, 2.75) is 37.9 Å². The molecule has 1 saturated carbocycles. The van der Waals surface area contributed by atoms with Gasteiger partial charge in [-0.2, -0.15) is 0 Å². The van der Waals surface area contributed by atoms with E-state index in [1.807, 2.05) is 13.8 Å². The highest BCUT2D eigenvalue weighted by atomic mass is 16.3. The second-order valence-corrected chi connectivity index (χ2v) is 5.32. The number of fused-ring (bicyclic) bond motifs is 1. The van der Waals surface area contributed by atoms with Gasteiger partial charge in [-0.3, -0.25) is 4.90 Å². The van der Waals surface area contributed by atoms with Crippen molar-refractivity contribution in [2.24, 2.45) is 5.92 Å². The highest BCUT2D eigenvalue weighted by molar-refractivity contribution is 5.08. The van der Waals surface area contributed by atoms with Gasteiger partial charge in [0.25, 0.3) is 0 Å². The lowest BCUT2D eigenvalue weighted by atomic mass is 10.0. The molecule has 0 aromatic rings. The van der Waals surface area contributed by atoms with Crippen LogP contribution in [0.5, 0.6) is 0 Å². The van der Waals surface area contributed by atoms with Crippen molar-refractivity contribution in [1.29, 1.82) is 0 Å². The Morgan fingerprint density at radius 3 is 2.77 bits per heavy atom. The number of piperidine rings is 1. The molecule has 2 atom stereocenters. The van der Waals surface area contributed by atoms with Gasteiger partial charge >= 0.3 is 0 Å². The molecule has 0 aromatic heterocycles. The molecule has 3 heteroatoms. The van der Waals surface area contributed by atoms with E-state index < -0.39 is 11.2 Å². The molecule has 2 aliphatic rings. The largest absolute Gasteiger partial charge is 0.389 e. The number of hydrogen-bond donors (Lipinski definition) is 2. The third-order valence-corrected chi connectivity index (χ3v) is 3.10. The maximum absolute atomic E-state index is 9.89. The lowest BCUT2D eigenvalue weighted by Gasteiger charge is -2.33. The van der Waals surface area contributed by atoms with Crippen LogP contribution in [0.4, 0.5) is 0 Å². The van der Waals surface area contributed by atoms with E-state index >= 15 is 0 Å². The number of β-amino-alcohol motifs (C(OH)–C–C–N with tert-alkyl or cyclic N) is 2. The van der Waals surface area contributed by atoms with Gasteiger partial charge in [0, 0.05) is 13.1 Å². The van der Waals surface area contributed by atoms with Crippen LogP contribution < -0.4 is 0 Å². The Morgan fingerprint density at radius 1 is 1.54 bits per heavy atom. The molecule has 13 heavy (non-hydrogen) atoms. The topological polar surface area (TPSA) is 43.7 Å². The SMILES string of the molecule is CC(C)(O)CN1CC[C@@H]2C[C@]2(O)C1. The van der Waals surface area contributed by atoms with Crippen LogP contribution in [0.2, 0.25) is 0 Å². The molecule has 0 unspecified atom stereocenters. The fraction of sp³-hybridized carbons (Fsp3) is 1.00. The number of rotatable bonds is 2. The molecular weight excluding hydrogens is 166 g/mol. The molecule has 0 radical (unpaired) electrons. The number of likely N-dealkylation sites (tertiary alicyclic amines) is 1. The summed E-state index contributed by atoms with van der Waals surface area (Å²) in [5.74, 6) is 0.547. The Morgan fingerprint density at radius 2 is 2.23 bits per heavy atom. The summed E-state index contributed by atoms with van der Waals surface area (Å²) in [4.78, 5) is 2.17. The number of nitrogens with zero attached hydrogens (tertiary/aromatic N) is 1. The van der Waals surface area contributed by atoms with Crippen molar-refractivity contribution >= 4 is 0 Å². The Hall–Kier alpha value is -0.120. The van der Waals surface area contributed by atoms with Crippen molar-refractivity contribution < 1.29 is 10.2 Å². The van der Waals surface area contributed by atoms with Crippen molar-refractivity contribution in [3.05, 3.63) is 0 Å². The first-order chi connectivity index (χ1) is 5.89. The molecule has 0 aromatic carbocycles. The summed E-state index contributed by atoms with van der Waals surface area (Å²) in [6.07, 6.45) is 2.06. The van der Waals surface area contributed by atoms with Crippen molar-refractivity contribution in [3.63, 3.8) is 0 Å². The fourth-order valence-corrected chi connectivity index (χ4v) is 2.42.